The van der Waals surface area contributed by atoms with Crippen LogP contribution in [0.5, 0.6) is 5.75 Å². The third-order valence-electron chi connectivity index (χ3n) is 7.70. The maximum absolute atomic E-state index is 14.0. The van der Waals surface area contributed by atoms with Gasteiger partial charge in [-0.05, 0) is 67.6 Å². The second-order valence-electron chi connectivity index (χ2n) is 10.5. The Morgan fingerprint density at radius 3 is 2.02 bits per heavy atom. The number of carbonyl (C=O) groups excluding carboxylic acids is 3. The minimum absolute atomic E-state index is 0.324. The Morgan fingerprint density at radius 1 is 0.875 bits per heavy atom. The van der Waals surface area contributed by atoms with Crippen molar-refractivity contribution in [1.82, 2.24) is 0 Å². The Bertz CT molecular complexity index is 1380. The normalized spacial score (nSPS) is 22.4. The van der Waals surface area contributed by atoms with E-state index in [0.29, 0.717) is 42.1 Å². The second-order valence-corrected chi connectivity index (χ2v) is 10.5. The van der Waals surface area contributed by atoms with Crippen molar-refractivity contribution in [3.8, 4) is 5.75 Å². The average Bonchev–Trinajstić information content (AvgIpc) is 2.93. The Kier molecular flexibility index (Phi) is 9.05. The van der Waals surface area contributed by atoms with Gasteiger partial charge in [-0.15, -0.1) is 0 Å². The summed E-state index contributed by atoms with van der Waals surface area (Å²) < 4.78 is 5.71. The van der Waals surface area contributed by atoms with E-state index in [0.717, 1.165) is 11.1 Å². The van der Waals surface area contributed by atoms with Crippen LogP contribution in [0.4, 0.5) is 11.4 Å². The van der Waals surface area contributed by atoms with Crippen molar-refractivity contribution in [2.75, 3.05) is 17.2 Å². The Morgan fingerprint density at radius 2 is 1.45 bits per heavy atom. The number of hydrogen-bond acceptors (Lipinski definition) is 5. The van der Waals surface area contributed by atoms with E-state index in [-0.39, 0.29) is 6.42 Å². The first-order chi connectivity index (χ1) is 19.2. The summed E-state index contributed by atoms with van der Waals surface area (Å²) in [6.07, 6.45) is 1.08. The molecular formula is C33H38N2O5. The maximum atomic E-state index is 14.0. The molecule has 1 aliphatic rings. The van der Waals surface area contributed by atoms with E-state index in [1.165, 1.54) is 6.92 Å². The van der Waals surface area contributed by atoms with E-state index >= 15 is 0 Å². The number of benzene rings is 3. The van der Waals surface area contributed by atoms with Crippen LogP contribution in [0.1, 0.15) is 56.7 Å². The van der Waals surface area contributed by atoms with Crippen LogP contribution in [0, 0.1) is 11.8 Å². The number of aliphatic hydroxyl groups is 1. The lowest BCUT2D eigenvalue weighted by molar-refractivity contribution is -0.150. The molecule has 0 aliphatic heterocycles. The van der Waals surface area contributed by atoms with E-state index in [4.69, 9.17) is 4.74 Å². The number of nitrogens with one attached hydrogen (secondary N) is 2. The molecule has 7 nitrogen and oxygen atoms in total. The average molecular weight is 543 g/mol. The molecule has 3 N–H and O–H groups in total. The van der Waals surface area contributed by atoms with Crippen molar-refractivity contribution < 1.29 is 24.2 Å². The zero-order valence-electron chi connectivity index (χ0n) is 23.6. The van der Waals surface area contributed by atoms with Crippen LogP contribution in [0.3, 0.4) is 0 Å². The summed E-state index contributed by atoms with van der Waals surface area (Å²) >= 11 is 0. The first-order valence-electron chi connectivity index (χ1n) is 14.0. The van der Waals surface area contributed by atoms with Crippen molar-refractivity contribution in [1.29, 1.82) is 0 Å². The number of aryl methyl sites for hydroxylation is 2. The summed E-state index contributed by atoms with van der Waals surface area (Å²) in [7, 11) is 0. The lowest BCUT2D eigenvalue weighted by Crippen LogP contribution is -2.56. The summed E-state index contributed by atoms with van der Waals surface area (Å²) in [6.45, 7) is 7.78. The number of rotatable bonds is 9. The van der Waals surface area contributed by atoms with Crippen LogP contribution in [0.2, 0.25) is 0 Å². The first-order valence-corrected chi connectivity index (χ1v) is 14.0. The van der Waals surface area contributed by atoms with Crippen LogP contribution in [-0.2, 0) is 27.2 Å². The van der Waals surface area contributed by atoms with Gasteiger partial charge in [-0.25, -0.2) is 0 Å². The minimum Gasteiger partial charge on any atom is -0.494 e. The molecule has 4 atom stereocenters. The molecule has 1 aliphatic carbocycles. The highest BCUT2D eigenvalue weighted by Gasteiger charge is 2.56. The number of anilines is 2. The Hall–Kier alpha value is -3.97. The molecule has 4 unspecified atom stereocenters. The molecule has 2 amide bonds. The van der Waals surface area contributed by atoms with Crippen LogP contribution < -0.4 is 15.4 Å². The zero-order chi connectivity index (χ0) is 28.9. The second kappa shape index (κ2) is 12.5. The predicted molar refractivity (Wildman–Crippen MR) is 156 cm³/mol. The zero-order valence-corrected chi connectivity index (χ0v) is 23.6. The quantitative estimate of drug-likeness (QED) is 0.309. The molecule has 3 aromatic rings. The number of amides is 2. The van der Waals surface area contributed by atoms with E-state index < -0.39 is 41.0 Å². The fraction of sp³-hybridized carbons (Fsp3) is 0.364. The molecule has 0 radical (unpaired) electrons. The van der Waals surface area contributed by atoms with Crippen molar-refractivity contribution in [3.05, 3.63) is 89.5 Å². The molecule has 4 rings (SSSR count). The highest BCUT2D eigenvalue weighted by Crippen LogP contribution is 2.47. The van der Waals surface area contributed by atoms with Gasteiger partial charge in [0.25, 0.3) is 0 Å². The van der Waals surface area contributed by atoms with Crippen LogP contribution in [-0.4, -0.2) is 34.9 Å². The lowest BCUT2D eigenvalue weighted by atomic mass is 9.61. The Labute approximate surface area is 236 Å². The van der Waals surface area contributed by atoms with E-state index in [1.54, 1.807) is 30.3 Å². The predicted octanol–water partition coefficient (Wildman–Crippen LogP) is 5.53. The first kappa shape index (κ1) is 29.0. The summed E-state index contributed by atoms with van der Waals surface area (Å²) in [4.78, 5) is 41.6. The fourth-order valence-electron chi connectivity index (χ4n) is 5.79. The van der Waals surface area contributed by atoms with Crippen LogP contribution in [0.25, 0.3) is 0 Å². The molecule has 1 saturated carbocycles. The number of ether oxygens (including phenoxy) is 1. The minimum atomic E-state index is -1.69. The van der Waals surface area contributed by atoms with Crippen molar-refractivity contribution in [3.63, 3.8) is 0 Å². The summed E-state index contributed by atoms with van der Waals surface area (Å²) in [5.41, 5.74) is 2.04. The molecule has 40 heavy (non-hydrogen) atoms. The molecule has 0 saturated heterocycles. The molecule has 0 bridgehead atoms. The number of Topliss-reactive ketones (excluding diaryl/α,β-unsaturated/α-hetero) is 1. The maximum Gasteiger partial charge on any atom is 0.235 e. The molecule has 0 heterocycles. The van der Waals surface area contributed by atoms with Gasteiger partial charge >= 0.3 is 0 Å². The summed E-state index contributed by atoms with van der Waals surface area (Å²) in [6, 6.07) is 22.0. The van der Waals surface area contributed by atoms with Gasteiger partial charge in [0, 0.05) is 23.7 Å². The van der Waals surface area contributed by atoms with Gasteiger partial charge in [-0.1, -0.05) is 62.4 Å². The number of carbonyl (C=O) groups is 3. The highest BCUT2D eigenvalue weighted by atomic mass is 16.5. The molecule has 7 heteroatoms. The van der Waals surface area contributed by atoms with Gasteiger partial charge in [0.05, 0.1) is 18.1 Å². The largest absolute Gasteiger partial charge is 0.494 e. The number of para-hydroxylation sites is 2. The van der Waals surface area contributed by atoms with Crippen molar-refractivity contribution >= 4 is 29.0 Å². The topological polar surface area (TPSA) is 105 Å². The number of ketones is 1. The van der Waals surface area contributed by atoms with Gasteiger partial charge < -0.3 is 20.5 Å². The van der Waals surface area contributed by atoms with Crippen molar-refractivity contribution in [2.24, 2.45) is 11.8 Å². The number of hydrogen-bond donors (Lipinski definition) is 3. The SMILES string of the molecule is CCOc1cccc(C2C(C(=O)Nc3ccccc3CC)C(=O)CC(C)(O)C2C(=O)Nc2ccccc2CC)c1. The fourth-order valence-corrected chi connectivity index (χ4v) is 5.79. The Balaban J connectivity index is 1.81. The molecule has 0 spiro atoms. The van der Waals surface area contributed by atoms with Crippen LogP contribution in [0.15, 0.2) is 72.8 Å². The van der Waals surface area contributed by atoms with Gasteiger partial charge in [0.15, 0.2) is 0 Å². The standard InChI is InChI=1S/C33H38N2O5/c1-5-21-13-8-10-17-25(21)34-31(37)29-27(36)20-33(4,39)30(28(29)23-15-12-16-24(19-23)40-7-3)32(38)35-26-18-11-9-14-22(26)6-2/h8-19,28-30,39H,5-7,20H2,1-4H3,(H,34,37)(H,35,38). The monoisotopic (exact) mass is 542 g/mol. The summed E-state index contributed by atoms with van der Waals surface area (Å²) in [5, 5.41) is 17.6. The molecular weight excluding hydrogens is 504 g/mol. The summed E-state index contributed by atoms with van der Waals surface area (Å²) in [5.74, 6) is -4.02. The van der Waals surface area contributed by atoms with Gasteiger partial charge in [0.2, 0.25) is 11.8 Å². The van der Waals surface area contributed by atoms with Gasteiger partial charge in [-0.3, -0.25) is 14.4 Å². The van der Waals surface area contributed by atoms with Crippen molar-refractivity contribution in [2.45, 2.75) is 58.5 Å². The van der Waals surface area contributed by atoms with E-state index in [9.17, 15) is 19.5 Å². The third-order valence-corrected chi connectivity index (χ3v) is 7.70. The molecule has 1 fully saturated rings. The van der Waals surface area contributed by atoms with E-state index in [1.807, 2.05) is 63.2 Å². The lowest BCUT2D eigenvalue weighted by Gasteiger charge is -2.44. The molecule has 210 valence electrons. The van der Waals surface area contributed by atoms with E-state index in [2.05, 4.69) is 10.6 Å². The smallest absolute Gasteiger partial charge is 0.235 e. The molecule has 3 aromatic carbocycles. The van der Waals surface area contributed by atoms with Crippen LogP contribution >= 0.6 is 0 Å². The highest BCUT2D eigenvalue weighted by molar-refractivity contribution is 6.10. The molecule has 0 aromatic heterocycles. The van der Waals surface area contributed by atoms with Gasteiger partial charge in [0.1, 0.15) is 17.5 Å². The third kappa shape index (κ3) is 6.10. The van der Waals surface area contributed by atoms with Gasteiger partial charge in [-0.2, -0.15) is 0 Å².